The van der Waals surface area contributed by atoms with Gasteiger partial charge in [0.2, 0.25) is 10.0 Å². The van der Waals surface area contributed by atoms with Crippen LogP contribution in [-0.2, 0) is 10.0 Å². The van der Waals surface area contributed by atoms with E-state index in [4.69, 9.17) is 0 Å². The topological polar surface area (TPSA) is 82.6 Å². The van der Waals surface area contributed by atoms with Crippen molar-refractivity contribution in [1.82, 2.24) is 15.4 Å². The molecule has 1 aromatic rings. The molecule has 0 bridgehead atoms. The highest BCUT2D eigenvalue weighted by Crippen LogP contribution is 2.15. The maximum absolute atomic E-state index is 13.3. The number of nitrogens with one attached hydrogen (secondary N) is 3. The quantitative estimate of drug-likeness (QED) is 0.392. The van der Waals surface area contributed by atoms with Crippen molar-refractivity contribution < 1.29 is 17.2 Å². The minimum Gasteiger partial charge on any atom is -0.357 e. The molecular formula is C14H22F2N4O2S. The number of guanidine groups is 1. The molecule has 0 aliphatic heterocycles. The number of hydrogen-bond donors (Lipinski definition) is 3. The Bertz CT molecular complexity index is 650. The smallest absolute Gasteiger partial charge is 0.208 e. The molecule has 0 heterocycles. The molecule has 0 saturated heterocycles. The SMILES string of the molecule is CCNC(=NCCNS(C)(=O)=O)NC(C)c1ccc(F)c(F)c1. The lowest BCUT2D eigenvalue weighted by atomic mass is 10.1. The van der Waals surface area contributed by atoms with Crippen molar-refractivity contribution in [2.75, 3.05) is 25.9 Å². The van der Waals surface area contributed by atoms with E-state index in [1.165, 1.54) is 6.07 Å². The molecule has 0 saturated carbocycles. The average molecular weight is 348 g/mol. The predicted octanol–water partition coefficient (Wildman–Crippen LogP) is 1.13. The summed E-state index contributed by atoms with van der Waals surface area (Å²) in [6.45, 7) is 4.69. The first-order valence-electron chi connectivity index (χ1n) is 7.17. The van der Waals surface area contributed by atoms with Gasteiger partial charge in [-0.1, -0.05) is 6.07 Å². The third-order valence-corrected chi connectivity index (χ3v) is 3.62. The summed E-state index contributed by atoms with van der Waals surface area (Å²) in [6.07, 6.45) is 1.07. The summed E-state index contributed by atoms with van der Waals surface area (Å²) < 4.78 is 50.5. The molecule has 23 heavy (non-hydrogen) atoms. The van der Waals surface area contributed by atoms with Gasteiger partial charge in [0.1, 0.15) is 0 Å². The molecule has 0 radical (unpaired) electrons. The Balaban J connectivity index is 2.68. The molecule has 0 amide bonds. The molecule has 9 heteroatoms. The molecule has 0 aromatic heterocycles. The van der Waals surface area contributed by atoms with Crippen molar-refractivity contribution in [1.29, 1.82) is 0 Å². The number of benzene rings is 1. The van der Waals surface area contributed by atoms with Crippen molar-refractivity contribution in [3.63, 3.8) is 0 Å². The van der Waals surface area contributed by atoms with Crippen LogP contribution in [0, 0.1) is 11.6 Å². The van der Waals surface area contributed by atoms with Crippen LogP contribution < -0.4 is 15.4 Å². The van der Waals surface area contributed by atoms with Crippen LogP contribution in [0.2, 0.25) is 0 Å². The van der Waals surface area contributed by atoms with Crippen molar-refractivity contribution >= 4 is 16.0 Å². The van der Waals surface area contributed by atoms with Crippen LogP contribution in [0.25, 0.3) is 0 Å². The summed E-state index contributed by atoms with van der Waals surface area (Å²) >= 11 is 0. The molecular weight excluding hydrogens is 326 g/mol. The van der Waals surface area contributed by atoms with Gasteiger partial charge >= 0.3 is 0 Å². The molecule has 6 nitrogen and oxygen atoms in total. The van der Waals surface area contributed by atoms with Crippen LogP contribution in [-0.4, -0.2) is 40.3 Å². The van der Waals surface area contributed by atoms with Gasteiger partial charge in [-0.05, 0) is 31.5 Å². The fourth-order valence-corrected chi connectivity index (χ4v) is 2.25. The summed E-state index contributed by atoms with van der Waals surface area (Å²) in [5, 5.41) is 6.05. The molecule has 0 fully saturated rings. The normalized spacial score (nSPS) is 13.7. The Morgan fingerprint density at radius 1 is 1.30 bits per heavy atom. The first-order valence-corrected chi connectivity index (χ1v) is 9.06. The Kier molecular flexibility index (Phi) is 7.37. The third-order valence-electron chi connectivity index (χ3n) is 2.89. The van der Waals surface area contributed by atoms with E-state index in [1.807, 2.05) is 6.92 Å². The maximum atomic E-state index is 13.3. The van der Waals surface area contributed by atoms with Gasteiger partial charge in [0.25, 0.3) is 0 Å². The lowest BCUT2D eigenvalue weighted by molar-refractivity contribution is 0.504. The highest BCUT2D eigenvalue weighted by atomic mass is 32.2. The molecule has 3 N–H and O–H groups in total. The highest BCUT2D eigenvalue weighted by Gasteiger charge is 2.10. The zero-order valence-electron chi connectivity index (χ0n) is 13.4. The van der Waals surface area contributed by atoms with Gasteiger partial charge in [-0.15, -0.1) is 0 Å². The Morgan fingerprint density at radius 3 is 2.57 bits per heavy atom. The molecule has 0 aliphatic carbocycles. The fraction of sp³-hybridized carbons (Fsp3) is 0.500. The van der Waals surface area contributed by atoms with Gasteiger partial charge in [0.05, 0.1) is 18.8 Å². The van der Waals surface area contributed by atoms with E-state index in [1.54, 1.807) is 6.92 Å². The van der Waals surface area contributed by atoms with Gasteiger partial charge in [-0.25, -0.2) is 21.9 Å². The summed E-state index contributed by atoms with van der Waals surface area (Å²) in [4.78, 5) is 4.22. The number of rotatable bonds is 7. The summed E-state index contributed by atoms with van der Waals surface area (Å²) in [6, 6.07) is 3.39. The van der Waals surface area contributed by atoms with Gasteiger partial charge < -0.3 is 10.6 Å². The van der Waals surface area contributed by atoms with Crippen LogP contribution in [0.4, 0.5) is 8.78 Å². The largest absolute Gasteiger partial charge is 0.357 e. The first-order chi connectivity index (χ1) is 10.7. The van der Waals surface area contributed by atoms with Crippen molar-refractivity contribution in [3.8, 4) is 0 Å². The molecule has 1 atom stereocenters. The minimum atomic E-state index is -3.25. The van der Waals surface area contributed by atoms with E-state index in [2.05, 4.69) is 20.3 Å². The van der Waals surface area contributed by atoms with Gasteiger partial charge in [0.15, 0.2) is 17.6 Å². The molecule has 1 rings (SSSR count). The second-order valence-electron chi connectivity index (χ2n) is 4.97. The van der Waals surface area contributed by atoms with Gasteiger partial charge in [0, 0.05) is 13.1 Å². The van der Waals surface area contributed by atoms with Crippen LogP contribution in [0.3, 0.4) is 0 Å². The van der Waals surface area contributed by atoms with Gasteiger partial charge in [-0.3, -0.25) is 4.99 Å². The van der Waals surface area contributed by atoms with Crippen LogP contribution in [0.1, 0.15) is 25.5 Å². The monoisotopic (exact) mass is 348 g/mol. The molecule has 0 aliphatic rings. The predicted molar refractivity (Wildman–Crippen MR) is 86.7 cm³/mol. The van der Waals surface area contributed by atoms with Crippen molar-refractivity contribution in [2.45, 2.75) is 19.9 Å². The number of hydrogen-bond acceptors (Lipinski definition) is 3. The summed E-state index contributed by atoms with van der Waals surface area (Å²) in [5.41, 5.74) is 0.573. The van der Waals surface area contributed by atoms with Crippen molar-refractivity contribution in [3.05, 3.63) is 35.4 Å². The summed E-state index contributed by atoms with van der Waals surface area (Å²) in [5.74, 6) is -1.34. The van der Waals surface area contributed by atoms with E-state index in [9.17, 15) is 17.2 Å². The second-order valence-corrected chi connectivity index (χ2v) is 6.80. The van der Waals surface area contributed by atoms with Crippen LogP contribution in [0.5, 0.6) is 0 Å². The van der Waals surface area contributed by atoms with Gasteiger partial charge in [-0.2, -0.15) is 0 Å². The molecule has 1 aromatic carbocycles. The Hall–Kier alpha value is -1.74. The summed E-state index contributed by atoms with van der Waals surface area (Å²) in [7, 11) is -3.25. The van der Waals surface area contributed by atoms with E-state index >= 15 is 0 Å². The lowest BCUT2D eigenvalue weighted by Gasteiger charge is -2.18. The van der Waals surface area contributed by atoms with E-state index in [0.717, 1.165) is 18.4 Å². The number of nitrogens with zero attached hydrogens (tertiary/aromatic N) is 1. The Labute approximate surface area is 135 Å². The van der Waals surface area contributed by atoms with Crippen LogP contribution >= 0.6 is 0 Å². The van der Waals surface area contributed by atoms with Crippen molar-refractivity contribution in [2.24, 2.45) is 4.99 Å². The number of halogens is 2. The number of aliphatic imine (C=N–C) groups is 1. The first kappa shape index (κ1) is 19.3. The highest BCUT2D eigenvalue weighted by molar-refractivity contribution is 7.88. The number of sulfonamides is 1. The molecule has 1 unspecified atom stereocenters. The second kappa shape index (κ2) is 8.78. The fourth-order valence-electron chi connectivity index (χ4n) is 1.79. The third kappa shape index (κ3) is 7.38. The maximum Gasteiger partial charge on any atom is 0.208 e. The lowest BCUT2D eigenvalue weighted by Crippen LogP contribution is -2.39. The average Bonchev–Trinajstić information content (AvgIpc) is 2.45. The minimum absolute atomic E-state index is 0.176. The van der Waals surface area contributed by atoms with E-state index in [0.29, 0.717) is 18.1 Å². The Morgan fingerprint density at radius 2 is 2.00 bits per heavy atom. The zero-order valence-corrected chi connectivity index (χ0v) is 14.2. The standard InChI is InChI=1S/C14H22F2N4O2S/c1-4-17-14(18-7-8-19-23(3,21)22)20-10(2)11-5-6-12(15)13(16)9-11/h5-6,9-10,19H,4,7-8H2,1-3H3,(H2,17,18,20). The molecule has 130 valence electrons. The van der Waals surface area contributed by atoms with E-state index < -0.39 is 21.7 Å². The zero-order chi connectivity index (χ0) is 17.5. The molecule has 0 spiro atoms. The van der Waals surface area contributed by atoms with E-state index in [-0.39, 0.29) is 19.1 Å². The van der Waals surface area contributed by atoms with Crippen LogP contribution in [0.15, 0.2) is 23.2 Å².